The summed E-state index contributed by atoms with van der Waals surface area (Å²) in [6, 6.07) is 0. The summed E-state index contributed by atoms with van der Waals surface area (Å²) in [5.41, 5.74) is 5.40. The molecule has 0 aromatic carbocycles. The normalized spacial score (nSPS) is 14.0. The van der Waals surface area contributed by atoms with E-state index >= 15 is 0 Å². The van der Waals surface area contributed by atoms with Crippen LogP contribution in [0.5, 0.6) is 0 Å². The second kappa shape index (κ2) is 6.85. The minimum absolute atomic E-state index is 0.0261. The van der Waals surface area contributed by atoms with Gasteiger partial charge >= 0.3 is 0 Å². The van der Waals surface area contributed by atoms with Crippen molar-refractivity contribution in [2.75, 3.05) is 31.6 Å². The monoisotopic (exact) mass is 249 g/mol. The van der Waals surface area contributed by atoms with Crippen LogP contribution in [0.15, 0.2) is 0 Å². The Kier molecular flexibility index (Phi) is 6.59. The summed E-state index contributed by atoms with van der Waals surface area (Å²) in [5, 5.41) is 7.30. The van der Waals surface area contributed by atoms with Gasteiger partial charge in [-0.05, 0) is 19.5 Å². The first-order valence-electron chi connectivity index (χ1n) is 5.50. The molecule has 0 saturated heterocycles. The Hall–Kier alpha value is -0.620. The molecule has 0 bridgehead atoms. The number of nitrogens with zero attached hydrogens (tertiary/aromatic N) is 1. The summed E-state index contributed by atoms with van der Waals surface area (Å²) in [6.07, 6.45) is 1.89. The highest BCUT2D eigenvalue weighted by Gasteiger charge is 2.11. The lowest BCUT2D eigenvalue weighted by atomic mass is 10.1. The lowest BCUT2D eigenvalue weighted by molar-refractivity contribution is 0.272. The molecule has 0 aliphatic carbocycles. The first kappa shape index (κ1) is 15.4. The highest BCUT2D eigenvalue weighted by Crippen LogP contribution is 2.01. The van der Waals surface area contributed by atoms with Gasteiger partial charge in [-0.15, -0.1) is 0 Å². The minimum Gasteiger partial charge on any atom is -0.387 e. The molecule has 0 aromatic heterocycles. The SMILES string of the molecule is CCN(CCCS(C)(=O)=O)CC(C)C(=N)N. The van der Waals surface area contributed by atoms with Crippen molar-refractivity contribution >= 4 is 15.7 Å². The zero-order valence-corrected chi connectivity index (χ0v) is 11.2. The van der Waals surface area contributed by atoms with Gasteiger partial charge in [-0.3, -0.25) is 5.41 Å². The van der Waals surface area contributed by atoms with Crippen molar-refractivity contribution in [2.24, 2.45) is 11.7 Å². The van der Waals surface area contributed by atoms with Crippen molar-refractivity contribution in [3.63, 3.8) is 0 Å². The predicted octanol–water partition coefficient (Wildman–Crippen LogP) is 0.315. The number of hydrogen-bond acceptors (Lipinski definition) is 4. The van der Waals surface area contributed by atoms with Gasteiger partial charge in [0.15, 0.2) is 0 Å². The molecule has 0 aliphatic heterocycles. The molecule has 1 unspecified atom stereocenters. The summed E-state index contributed by atoms with van der Waals surface area (Å²) >= 11 is 0. The van der Waals surface area contributed by atoms with Crippen LogP contribution in [0.1, 0.15) is 20.3 Å². The van der Waals surface area contributed by atoms with E-state index in [-0.39, 0.29) is 17.5 Å². The molecular weight excluding hydrogens is 226 g/mol. The standard InChI is InChI=1S/C10H23N3O2S/c1-4-13(8-9(2)10(11)12)6-5-7-16(3,14)15/h9H,4-8H2,1-3H3,(H3,11,12). The number of nitrogens with one attached hydrogen (secondary N) is 1. The maximum Gasteiger partial charge on any atom is 0.147 e. The van der Waals surface area contributed by atoms with E-state index in [9.17, 15) is 8.42 Å². The average molecular weight is 249 g/mol. The zero-order chi connectivity index (χ0) is 12.8. The average Bonchev–Trinajstić information content (AvgIpc) is 2.13. The second-order valence-corrected chi connectivity index (χ2v) is 6.49. The van der Waals surface area contributed by atoms with Crippen LogP contribution in [0.2, 0.25) is 0 Å². The van der Waals surface area contributed by atoms with Crippen LogP contribution < -0.4 is 5.73 Å². The molecule has 0 radical (unpaired) electrons. The van der Waals surface area contributed by atoms with E-state index in [0.29, 0.717) is 6.42 Å². The molecule has 96 valence electrons. The first-order chi connectivity index (χ1) is 7.26. The van der Waals surface area contributed by atoms with Crippen molar-refractivity contribution in [3.05, 3.63) is 0 Å². The Morgan fingerprint density at radius 3 is 2.44 bits per heavy atom. The fourth-order valence-electron chi connectivity index (χ4n) is 1.41. The largest absolute Gasteiger partial charge is 0.387 e. The van der Waals surface area contributed by atoms with Gasteiger partial charge in [-0.25, -0.2) is 8.42 Å². The van der Waals surface area contributed by atoms with E-state index < -0.39 is 9.84 Å². The third-order valence-electron chi connectivity index (χ3n) is 2.50. The molecule has 0 saturated carbocycles. The molecule has 0 fully saturated rings. The quantitative estimate of drug-likeness (QED) is 0.479. The van der Waals surface area contributed by atoms with E-state index in [1.165, 1.54) is 6.26 Å². The Morgan fingerprint density at radius 2 is 2.06 bits per heavy atom. The molecule has 1 atom stereocenters. The molecule has 0 heterocycles. The van der Waals surface area contributed by atoms with Gasteiger partial charge in [0.1, 0.15) is 9.84 Å². The van der Waals surface area contributed by atoms with E-state index in [1.807, 2.05) is 13.8 Å². The van der Waals surface area contributed by atoms with Crippen LogP contribution >= 0.6 is 0 Å². The molecule has 0 spiro atoms. The Morgan fingerprint density at radius 1 is 1.50 bits per heavy atom. The van der Waals surface area contributed by atoms with Crippen LogP contribution in [0.4, 0.5) is 0 Å². The van der Waals surface area contributed by atoms with Crippen LogP contribution in [-0.2, 0) is 9.84 Å². The maximum absolute atomic E-state index is 11.0. The number of rotatable bonds is 8. The van der Waals surface area contributed by atoms with Gasteiger partial charge in [0.05, 0.1) is 11.6 Å². The Bertz CT molecular complexity index is 314. The zero-order valence-electron chi connectivity index (χ0n) is 10.4. The Labute approximate surface area is 98.4 Å². The number of amidine groups is 1. The van der Waals surface area contributed by atoms with Crippen LogP contribution in [0, 0.1) is 11.3 Å². The third kappa shape index (κ3) is 7.64. The van der Waals surface area contributed by atoms with Crippen LogP contribution in [0.25, 0.3) is 0 Å². The number of nitrogens with two attached hydrogens (primary N) is 1. The number of hydrogen-bond donors (Lipinski definition) is 2. The van der Waals surface area contributed by atoms with Crippen molar-refractivity contribution in [3.8, 4) is 0 Å². The maximum atomic E-state index is 11.0. The summed E-state index contributed by atoms with van der Waals surface area (Å²) in [5.74, 6) is 0.428. The summed E-state index contributed by atoms with van der Waals surface area (Å²) < 4.78 is 21.9. The van der Waals surface area contributed by atoms with Gasteiger partial charge in [-0.2, -0.15) is 0 Å². The molecule has 0 aliphatic rings. The minimum atomic E-state index is -2.87. The lowest BCUT2D eigenvalue weighted by Crippen LogP contribution is -2.35. The molecule has 0 amide bonds. The second-order valence-electron chi connectivity index (χ2n) is 4.23. The highest BCUT2D eigenvalue weighted by atomic mass is 32.2. The van der Waals surface area contributed by atoms with E-state index in [1.54, 1.807) is 0 Å². The molecule has 5 nitrogen and oxygen atoms in total. The van der Waals surface area contributed by atoms with Gasteiger partial charge in [0.2, 0.25) is 0 Å². The summed E-state index contributed by atoms with van der Waals surface area (Å²) in [7, 11) is -2.87. The first-order valence-corrected chi connectivity index (χ1v) is 7.56. The molecule has 0 aromatic rings. The highest BCUT2D eigenvalue weighted by molar-refractivity contribution is 7.90. The molecule has 0 rings (SSSR count). The fraction of sp³-hybridized carbons (Fsp3) is 0.900. The van der Waals surface area contributed by atoms with Crippen LogP contribution in [-0.4, -0.2) is 50.8 Å². The molecule has 3 N–H and O–H groups in total. The number of sulfone groups is 1. The van der Waals surface area contributed by atoms with Crippen molar-refractivity contribution in [1.29, 1.82) is 5.41 Å². The summed E-state index contributed by atoms with van der Waals surface area (Å²) in [6.45, 7) is 6.23. The van der Waals surface area contributed by atoms with Crippen LogP contribution in [0.3, 0.4) is 0 Å². The van der Waals surface area contributed by atoms with Gasteiger partial charge in [0, 0.05) is 18.7 Å². The van der Waals surface area contributed by atoms with Gasteiger partial charge < -0.3 is 10.6 Å². The topological polar surface area (TPSA) is 87.2 Å². The fourth-order valence-corrected chi connectivity index (χ4v) is 2.07. The predicted molar refractivity (Wildman–Crippen MR) is 67.5 cm³/mol. The molecule has 6 heteroatoms. The molecule has 16 heavy (non-hydrogen) atoms. The van der Waals surface area contributed by atoms with Gasteiger partial charge in [-0.1, -0.05) is 13.8 Å². The van der Waals surface area contributed by atoms with E-state index in [2.05, 4.69) is 4.90 Å². The van der Waals surface area contributed by atoms with Crippen molar-refractivity contribution in [2.45, 2.75) is 20.3 Å². The van der Waals surface area contributed by atoms with E-state index in [4.69, 9.17) is 11.1 Å². The molecular formula is C10H23N3O2S. The van der Waals surface area contributed by atoms with Crippen molar-refractivity contribution < 1.29 is 8.42 Å². The lowest BCUT2D eigenvalue weighted by Gasteiger charge is -2.23. The third-order valence-corrected chi connectivity index (χ3v) is 3.53. The Balaban J connectivity index is 3.97. The summed E-state index contributed by atoms with van der Waals surface area (Å²) in [4.78, 5) is 2.12. The van der Waals surface area contributed by atoms with E-state index in [0.717, 1.165) is 19.6 Å². The van der Waals surface area contributed by atoms with Crippen molar-refractivity contribution in [1.82, 2.24) is 4.90 Å². The smallest absolute Gasteiger partial charge is 0.147 e. The van der Waals surface area contributed by atoms with Gasteiger partial charge in [0.25, 0.3) is 0 Å².